The number of nitrogens with zero attached hydrogens (tertiary/aromatic N) is 2. The second-order valence-electron chi connectivity index (χ2n) is 7.37. The van der Waals surface area contributed by atoms with Gasteiger partial charge in [0.1, 0.15) is 0 Å². The van der Waals surface area contributed by atoms with Gasteiger partial charge in [0, 0.05) is 57.4 Å². The quantitative estimate of drug-likeness (QED) is 0.301. The van der Waals surface area contributed by atoms with Crippen molar-refractivity contribution in [1.29, 1.82) is 0 Å². The summed E-state index contributed by atoms with van der Waals surface area (Å²) in [4.78, 5) is 18.0. The summed E-state index contributed by atoms with van der Waals surface area (Å²) >= 11 is 0. The lowest BCUT2D eigenvalue weighted by atomic mass is 9.84. The number of aliphatic hydroxyl groups excluding tert-OH is 1. The molecule has 1 atom stereocenters. The van der Waals surface area contributed by atoms with Crippen molar-refractivity contribution < 1.29 is 14.6 Å². The van der Waals surface area contributed by atoms with E-state index in [1.54, 1.807) is 7.05 Å². The van der Waals surface area contributed by atoms with E-state index in [0.29, 0.717) is 19.6 Å². The van der Waals surface area contributed by atoms with E-state index in [0.717, 1.165) is 56.2 Å². The number of rotatable bonds is 7. The zero-order chi connectivity index (χ0) is 19.1. The van der Waals surface area contributed by atoms with Gasteiger partial charge in [0.25, 0.3) is 0 Å². The van der Waals surface area contributed by atoms with Crippen molar-refractivity contribution in [2.75, 3.05) is 44.9 Å². The smallest absolute Gasteiger partial charge is 0.227 e. The highest BCUT2D eigenvalue weighted by atomic mass is 127. The minimum atomic E-state index is -0.0176. The van der Waals surface area contributed by atoms with Crippen LogP contribution in [0.5, 0.6) is 0 Å². The number of hydrogen-bond acceptors (Lipinski definition) is 4. The van der Waals surface area contributed by atoms with Crippen molar-refractivity contribution in [2.24, 2.45) is 10.4 Å². The molecule has 156 valence electrons. The Kier molecular flexibility index (Phi) is 8.97. The second-order valence-corrected chi connectivity index (χ2v) is 7.37. The molecule has 2 heterocycles. The second kappa shape index (κ2) is 11.0. The molecule has 2 aliphatic heterocycles. The van der Waals surface area contributed by atoms with Gasteiger partial charge in [0.15, 0.2) is 5.96 Å². The van der Waals surface area contributed by atoms with Crippen molar-refractivity contribution in [3.63, 3.8) is 0 Å². The predicted molar refractivity (Wildman–Crippen MR) is 121 cm³/mol. The number of aliphatic hydroxyl groups is 1. The number of nitrogens with one attached hydrogen (secondary N) is 2. The third kappa shape index (κ3) is 5.81. The molecule has 7 nitrogen and oxygen atoms in total. The van der Waals surface area contributed by atoms with Crippen LogP contribution in [0.3, 0.4) is 0 Å². The molecule has 3 N–H and O–H groups in total. The van der Waals surface area contributed by atoms with Crippen LogP contribution in [-0.4, -0.2) is 56.9 Å². The molecule has 0 bridgehead atoms. The van der Waals surface area contributed by atoms with Gasteiger partial charge < -0.3 is 25.4 Å². The van der Waals surface area contributed by atoms with Crippen LogP contribution in [0.15, 0.2) is 29.3 Å². The van der Waals surface area contributed by atoms with Gasteiger partial charge in [0.05, 0.1) is 6.61 Å². The first-order valence-corrected chi connectivity index (χ1v) is 9.68. The molecule has 0 aromatic heterocycles. The summed E-state index contributed by atoms with van der Waals surface area (Å²) < 4.78 is 5.53. The fourth-order valence-corrected chi connectivity index (χ4v) is 3.70. The van der Waals surface area contributed by atoms with Crippen LogP contribution in [0.2, 0.25) is 0 Å². The molecule has 0 aliphatic carbocycles. The Morgan fingerprint density at radius 3 is 2.68 bits per heavy atom. The maximum atomic E-state index is 11.8. The molecule has 2 aliphatic rings. The van der Waals surface area contributed by atoms with Crippen LogP contribution in [0.25, 0.3) is 0 Å². The number of benzene rings is 1. The summed E-state index contributed by atoms with van der Waals surface area (Å²) in [5.41, 5.74) is 2.08. The number of carbonyl (C=O) groups is 1. The van der Waals surface area contributed by atoms with Gasteiger partial charge >= 0.3 is 0 Å². The average Bonchev–Trinajstić information content (AvgIpc) is 3.32. The van der Waals surface area contributed by atoms with E-state index in [-0.39, 0.29) is 41.9 Å². The third-order valence-electron chi connectivity index (χ3n) is 5.46. The molecule has 2 saturated heterocycles. The van der Waals surface area contributed by atoms with Gasteiger partial charge in [-0.3, -0.25) is 9.79 Å². The van der Waals surface area contributed by atoms with E-state index in [9.17, 15) is 9.90 Å². The minimum Gasteiger partial charge on any atom is -0.396 e. The lowest BCUT2D eigenvalue weighted by Crippen LogP contribution is -2.44. The van der Waals surface area contributed by atoms with E-state index in [1.165, 1.54) is 0 Å². The Hall–Kier alpha value is -1.39. The van der Waals surface area contributed by atoms with Crippen LogP contribution in [0.1, 0.15) is 31.2 Å². The van der Waals surface area contributed by atoms with Crippen LogP contribution < -0.4 is 15.5 Å². The molecule has 2 fully saturated rings. The van der Waals surface area contributed by atoms with Gasteiger partial charge in [-0.15, -0.1) is 24.0 Å². The number of guanidine groups is 1. The van der Waals surface area contributed by atoms with Crippen LogP contribution in [-0.2, 0) is 16.1 Å². The molecule has 1 aromatic rings. The first-order valence-electron chi connectivity index (χ1n) is 9.68. The highest BCUT2D eigenvalue weighted by Gasteiger charge is 2.34. The summed E-state index contributed by atoms with van der Waals surface area (Å²) in [5.74, 6) is 0.941. The van der Waals surface area contributed by atoms with Gasteiger partial charge in [-0.2, -0.15) is 0 Å². The Labute approximate surface area is 183 Å². The zero-order valence-corrected chi connectivity index (χ0v) is 18.8. The highest BCUT2D eigenvalue weighted by molar-refractivity contribution is 14.0. The summed E-state index contributed by atoms with van der Waals surface area (Å²) in [6, 6.07) is 8.09. The lowest BCUT2D eigenvalue weighted by molar-refractivity contribution is -0.117. The van der Waals surface area contributed by atoms with Crippen LogP contribution in [0.4, 0.5) is 5.69 Å². The number of carbonyl (C=O) groups excluding carboxylic acids is 1. The van der Waals surface area contributed by atoms with Crippen molar-refractivity contribution in [2.45, 2.75) is 32.2 Å². The Morgan fingerprint density at radius 2 is 2.11 bits per heavy atom. The number of amides is 1. The molecule has 28 heavy (non-hydrogen) atoms. The minimum absolute atomic E-state index is 0. The average molecular weight is 502 g/mol. The SMILES string of the molecule is CN=C(NCc1ccc(N2CCCC2=O)cc1)NCC1(CCO)CCOC1.I. The molecule has 1 amide bonds. The molecule has 8 heteroatoms. The van der Waals surface area contributed by atoms with Crippen molar-refractivity contribution in [3.05, 3.63) is 29.8 Å². The topological polar surface area (TPSA) is 86.2 Å². The van der Waals surface area contributed by atoms with Gasteiger partial charge in [-0.1, -0.05) is 12.1 Å². The van der Waals surface area contributed by atoms with Gasteiger partial charge in [0.2, 0.25) is 5.91 Å². The standard InChI is InChI=1S/C20H30N4O3.HI/c1-21-19(23-14-20(8-11-25)9-12-27-15-20)22-13-16-4-6-17(7-5-16)24-10-2-3-18(24)26;/h4-7,25H,2-3,8-15H2,1H3,(H2,21,22,23);1H. The Bertz CT molecular complexity index is 660. The fraction of sp³-hybridized carbons (Fsp3) is 0.600. The largest absolute Gasteiger partial charge is 0.396 e. The number of halogens is 1. The van der Waals surface area contributed by atoms with E-state index in [4.69, 9.17) is 4.74 Å². The Morgan fingerprint density at radius 1 is 1.32 bits per heavy atom. The van der Waals surface area contributed by atoms with Crippen LogP contribution in [0, 0.1) is 5.41 Å². The van der Waals surface area contributed by atoms with Crippen molar-refractivity contribution >= 4 is 41.5 Å². The Balaban J connectivity index is 0.00000280. The summed E-state index contributed by atoms with van der Waals surface area (Å²) in [6.45, 7) is 3.78. The monoisotopic (exact) mass is 502 g/mol. The highest BCUT2D eigenvalue weighted by Crippen LogP contribution is 2.31. The van der Waals surface area contributed by atoms with Crippen LogP contribution >= 0.6 is 24.0 Å². The lowest BCUT2D eigenvalue weighted by Gasteiger charge is -2.27. The molecular weight excluding hydrogens is 471 g/mol. The van der Waals surface area contributed by atoms with Crippen molar-refractivity contribution in [3.8, 4) is 0 Å². The van der Waals surface area contributed by atoms with Gasteiger partial charge in [-0.25, -0.2) is 0 Å². The molecule has 1 unspecified atom stereocenters. The molecule has 0 spiro atoms. The van der Waals surface area contributed by atoms with Gasteiger partial charge in [-0.05, 0) is 37.0 Å². The predicted octanol–water partition coefficient (Wildman–Crippen LogP) is 1.89. The number of ether oxygens (including phenoxy) is 1. The van der Waals surface area contributed by atoms with E-state index < -0.39 is 0 Å². The molecule has 3 rings (SSSR count). The normalized spacial score (nSPS) is 22.3. The summed E-state index contributed by atoms with van der Waals surface area (Å²) in [6.07, 6.45) is 3.27. The van der Waals surface area contributed by atoms with E-state index in [1.807, 2.05) is 29.2 Å². The number of aliphatic imine (C=N–C) groups is 1. The van der Waals surface area contributed by atoms with Crippen molar-refractivity contribution in [1.82, 2.24) is 10.6 Å². The molecule has 0 saturated carbocycles. The first kappa shape index (κ1) is 22.9. The fourth-order valence-electron chi connectivity index (χ4n) is 3.70. The van der Waals surface area contributed by atoms with E-state index in [2.05, 4.69) is 15.6 Å². The maximum Gasteiger partial charge on any atom is 0.227 e. The molecule has 0 radical (unpaired) electrons. The maximum absolute atomic E-state index is 11.8. The molecule has 1 aromatic carbocycles. The first-order chi connectivity index (χ1) is 13.2. The third-order valence-corrected chi connectivity index (χ3v) is 5.46. The molecular formula is C20H31IN4O3. The zero-order valence-electron chi connectivity index (χ0n) is 16.4. The number of anilines is 1. The summed E-state index contributed by atoms with van der Waals surface area (Å²) in [5, 5.41) is 16.0. The van der Waals surface area contributed by atoms with E-state index >= 15 is 0 Å². The summed E-state index contributed by atoms with van der Waals surface area (Å²) in [7, 11) is 1.75. The number of hydrogen-bond donors (Lipinski definition) is 3.